The third kappa shape index (κ3) is 3.29. The third-order valence-corrected chi connectivity index (χ3v) is 2.47. The zero-order valence-electron chi connectivity index (χ0n) is 9.21. The van der Waals surface area contributed by atoms with Gasteiger partial charge in [-0.2, -0.15) is 0 Å². The van der Waals surface area contributed by atoms with Crippen molar-refractivity contribution >= 4 is 5.69 Å². The largest absolute Gasteiger partial charge is 0.493 e. The van der Waals surface area contributed by atoms with Crippen molar-refractivity contribution < 1.29 is 4.74 Å². The van der Waals surface area contributed by atoms with Gasteiger partial charge in [0.2, 0.25) is 0 Å². The Labute approximate surface area is 86.1 Å². The molecule has 0 heterocycles. The summed E-state index contributed by atoms with van der Waals surface area (Å²) in [6.07, 6.45) is 1.11. The van der Waals surface area contributed by atoms with E-state index >= 15 is 0 Å². The maximum Gasteiger partial charge on any atom is 0.119 e. The average molecular weight is 193 g/mol. The lowest BCUT2D eigenvalue weighted by atomic mass is 9.92. The first-order valence-electron chi connectivity index (χ1n) is 5.02. The average Bonchev–Trinajstić information content (AvgIpc) is 2.17. The predicted octanol–water partition coefficient (Wildman–Crippen LogP) is 3.08. The maximum atomic E-state index is 5.66. The second-order valence-electron chi connectivity index (χ2n) is 4.38. The lowest BCUT2D eigenvalue weighted by molar-refractivity contribution is 0.175. The molecule has 2 nitrogen and oxygen atoms in total. The summed E-state index contributed by atoms with van der Waals surface area (Å²) >= 11 is 0. The van der Waals surface area contributed by atoms with Crippen molar-refractivity contribution in [3.8, 4) is 5.75 Å². The van der Waals surface area contributed by atoms with Crippen LogP contribution in [0.5, 0.6) is 5.75 Å². The first-order valence-corrected chi connectivity index (χ1v) is 5.02. The topological polar surface area (TPSA) is 35.2 Å². The minimum Gasteiger partial charge on any atom is -0.493 e. The van der Waals surface area contributed by atoms with Crippen molar-refractivity contribution in [2.45, 2.75) is 27.2 Å². The maximum absolute atomic E-state index is 5.66. The number of hydrogen-bond donors (Lipinski definition) is 1. The summed E-state index contributed by atoms with van der Waals surface area (Å²) in [6, 6.07) is 7.52. The van der Waals surface area contributed by atoms with Crippen LogP contribution in [0.4, 0.5) is 5.69 Å². The molecule has 0 bridgehead atoms. The SMILES string of the molecule is CCC(C)(C)COc1ccc(N)cc1. The van der Waals surface area contributed by atoms with Crippen LogP contribution in [0.25, 0.3) is 0 Å². The Morgan fingerprint density at radius 1 is 1.21 bits per heavy atom. The molecule has 0 amide bonds. The quantitative estimate of drug-likeness (QED) is 0.746. The number of anilines is 1. The Bertz CT molecular complexity index is 277. The minimum atomic E-state index is 0.237. The van der Waals surface area contributed by atoms with Gasteiger partial charge in [0.25, 0.3) is 0 Å². The van der Waals surface area contributed by atoms with Crippen LogP contribution in [0.3, 0.4) is 0 Å². The molecule has 0 unspecified atom stereocenters. The second-order valence-corrected chi connectivity index (χ2v) is 4.38. The van der Waals surface area contributed by atoms with E-state index in [1.807, 2.05) is 24.3 Å². The minimum absolute atomic E-state index is 0.237. The van der Waals surface area contributed by atoms with Gasteiger partial charge in [0, 0.05) is 5.69 Å². The van der Waals surface area contributed by atoms with Crippen LogP contribution in [-0.4, -0.2) is 6.61 Å². The highest BCUT2D eigenvalue weighted by atomic mass is 16.5. The molecule has 0 saturated carbocycles. The van der Waals surface area contributed by atoms with Crippen molar-refractivity contribution in [1.82, 2.24) is 0 Å². The van der Waals surface area contributed by atoms with E-state index in [1.165, 1.54) is 0 Å². The van der Waals surface area contributed by atoms with Crippen molar-refractivity contribution in [3.05, 3.63) is 24.3 Å². The fraction of sp³-hybridized carbons (Fsp3) is 0.500. The van der Waals surface area contributed by atoms with Crippen LogP contribution in [-0.2, 0) is 0 Å². The van der Waals surface area contributed by atoms with E-state index in [2.05, 4.69) is 20.8 Å². The number of benzene rings is 1. The molecule has 0 aliphatic carbocycles. The summed E-state index contributed by atoms with van der Waals surface area (Å²) in [5.41, 5.74) is 6.59. The molecule has 1 rings (SSSR count). The molecule has 0 aliphatic rings. The standard InChI is InChI=1S/C12H19NO/c1-4-12(2,3)9-14-11-7-5-10(13)6-8-11/h5-8H,4,9,13H2,1-3H3. The summed E-state index contributed by atoms with van der Waals surface area (Å²) in [5, 5.41) is 0. The van der Waals surface area contributed by atoms with E-state index in [9.17, 15) is 0 Å². The van der Waals surface area contributed by atoms with Crippen LogP contribution >= 0.6 is 0 Å². The van der Waals surface area contributed by atoms with Crippen molar-refractivity contribution in [1.29, 1.82) is 0 Å². The normalized spacial score (nSPS) is 11.4. The first kappa shape index (κ1) is 10.9. The Morgan fingerprint density at radius 3 is 2.29 bits per heavy atom. The lowest BCUT2D eigenvalue weighted by Crippen LogP contribution is -2.20. The Balaban J connectivity index is 2.50. The molecule has 0 fully saturated rings. The Morgan fingerprint density at radius 2 is 1.79 bits per heavy atom. The van der Waals surface area contributed by atoms with Crippen LogP contribution in [0.1, 0.15) is 27.2 Å². The van der Waals surface area contributed by atoms with Gasteiger partial charge in [0.05, 0.1) is 6.61 Å². The van der Waals surface area contributed by atoms with Crippen LogP contribution in [0, 0.1) is 5.41 Å². The van der Waals surface area contributed by atoms with Gasteiger partial charge >= 0.3 is 0 Å². The fourth-order valence-electron chi connectivity index (χ4n) is 0.945. The molecular formula is C12H19NO. The van der Waals surface area contributed by atoms with Gasteiger partial charge in [0.15, 0.2) is 0 Å². The smallest absolute Gasteiger partial charge is 0.119 e. The van der Waals surface area contributed by atoms with Crippen molar-refractivity contribution in [2.24, 2.45) is 5.41 Å². The van der Waals surface area contributed by atoms with E-state index in [4.69, 9.17) is 10.5 Å². The number of nitrogens with two attached hydrogens (primary N) is 1. The number of hydrogen-bond acceptors (Lipinski definition) is 2. The van der Waals surface area contributed by atoms with Gasteiger partial charge in [-0.3, -0.25) is 0 Å². The zero-order chi connectivity index (χ0) is 10.6. The molecule has 14 heavy (non-hydrogen) atoms. The molecule has 0 aromatic heterocycles. The highest BCUT2D eigenvalue weighted by Crippen LogP contribution is 2.22. The highest BCUT2D eigenvalue weighted by molar-refractivity contribution is 5.41. The number of nitrogen functional groups attached to an aromatic ring is 1. The van der Waals surface area contributed by atoms with Gasteiger partial charge in [-0.1, -0.05) is 20.8 Å². The second kappa shape index (κ2) is 4.36. The summed E-state index contributed by atoms with van der Waals surface area (Å²) in [5.74, 6) is 0.890. The summed E-state index contributed by atoms with van der Waals surface area (Å²) in [6.45, 7) is 7.31. The number of rotatable bonds is 4. The van der Waals surface area contributed by atoms with E-state index in [1.54, 1.807) is 0 Å². The fourth-order valence-corrected chi connectivity index (χ4v) is 0.945. The molecule has 2 N–H and O–H groups in total. The predicted molar refractivity (Wildman–Crippen MR) is 60.4 cm³/mol. The number of ether oxygens (including phenoxy) is 1. The van der Waals surface area contributed by atoms with Gasteiger partial charge < -0.3 is 10.5 Å². The monoisotopic (exact) mass is 193 g/mol. The summed E-state index contributed by atoms with van der Waals surface area (Å²) in [7, 11) is 0. The van der Waals surface area contributed by atoms with Crippen LogP contribution in [0.2, 0.25) is 0 Å². The lowest BCUT2D eigenvalue weighted by Gasteiger charge is -2.22. The molecule has 1 aromatic rings. The summed E-state index contributed by atoms with van der Waals surface area (Å²) < 4.78 is 5.66. The molecule has 0 atom stereocenters. The Kier molecular flexibility index (Phi) is 3.39. The van der Waals surface area contributed by atoms with Gasteiger partial charge in [-0.25, -0.2) is 0 Å². The van der Waals surface area contributed by atoms with Crippen molar-refractivity contribution in [3.63, 3.8) is 0 Å². The molecule has 0 saturated heterocycles. The molecule has 0 spiro atoms. The van der Waals surface area contributed by atoms with E-state index in [-0.39, 0.29) is 5.41 Å². The molecule has 0 aliphatic heterocycles. The molecule has 0 radical (unpaired) electrons. The Hall–Kier alpha value is -1.18. The molecule has 78 valence electrons. The molecular weight excluding hydrogens is 174 g/mol. The van der Waals surface area contributed by atoms with E-state index in [0.29, 0.717) is 0 Å². The van der Waals surface area contributed by atoms with Crippen LogP contribution in [0.15, 0.2) is 24.3 Å². The van der Waals surface area contributed by atoms with Crippen molar-refractivity contribution in [2.75, 3.05) is 12.3 Å². The highest BCUT2D eigenvalue weighted by Gasteiger charge is 2.15. The van der Waals surface area contributed by atoms with E-state index in [0.717, 1.165) is 24.5 Å². The third-order valence-electron chi connectivity index (χ3n) is 2.47. The van der Waals surface area contributed by atoms with Gasteiger partial charge in [0.1, 0.15) is 5.75 Å². The zero-order valence-corrected chi connectivity index (χ0v) is 9.21. The summed E-state index contributed by atoms with van der Waals surface area (Å²) in [4.78, 5) is 0. The first-order chi connectivity index (χ1) is 6.53. The van der Waals surface area contributed by atoms with Gasteiger partial charge in [-0.15, -0.1) is 0 Å². The molecule has 1 aromatic carbocycles. The molecule has 2 heteroatoms. The van der Waals surface area contributed by atoms with Gasteiger partial charge in [-0.05, 0) is 36.1 Å². The van der Waals surface area contributed by atoms with Crippen LogP contribution < -0.4 is 10.5 Å². The van der Waals surface area contributed by atoms with E-state index < -0.39 is 0 Å².